The lowest BCUT2D eigenvalue weighted by Gasteiger charge is -2.13. The van der Waals surface area contributed by atoms with Crippen LogP contribution in [0.2, 0.25) is 0 Å². The first-order chi connectivity index (χ1) is 9.27. The number of nitrogens with one attached hydrogen (secondary N) is 1. The maximum Gasteiger partial charge on any atom is 0.304 e. The van der Waals surface area contributed by atoms with Crippen molar-refractivity contribution in [2.75, 3.05) is 0 Å². The number of nitro benzene ring substituents is 1. The van der Waals surface area contributed by atoms with Gasteiger partial charge in [-0.15, -0.1) is 0 Å². The number of sulfonamides is 1. The molecule has 1 aromatic rings. The molecule has 0 fully saturated rings. The van der Waals surface area contributed by atoms with Crippen LogP contribution in [0.15, 0.2) is 23.1 Å². The first kappa shape index (κ1) is 16.5. The van der Waals surface area contributed by atoms with E-state index in [9.17, 15) is 22.9 Å². The van der Waals surface area contributed by atoms with Gasteiger partial charge in [-0.2, -0.15) is 4.39 Å². The van der Waals surface area contributed by atoms with Gasteiger partial charge in [0, 0.05) is 18.2 Å². The van der Waals surface area contributed by atoms with Crippen molar-refractivity contribution in [2.24, 2.45) is 0 Å². The molecule has 0 aliphatic heterocycles. The van der Waals surface area contributed by atoms with E-state index in [1.165, 1.54) is 0 Å². The molecular formula is C12H17FN2O4S. The van der Waals surface area contributed by atoms with Gasteiger partial charge in [0.05, 0.1) is 9.82 Å². The van der Waals surface area contributed by atoms with Gasteiger partial charge in [-0.25, -0.2) is 13.1 Å². The Morgan fingerprint density at radius 2 is 2.10 bits per heavy atom. The number of nitro groups is 1. The van der Waals surface area contributed by atoms with Crippen LogP contribution in [0.1, 0.15) is 33.1 Å². The number of unbranched alkanes of at least 4 members (excludes halogenated alkanes) is 1. The molecule has 0 aliphatic carbocycles. The first-order valence-corrected chi connectivity index (χ1v) is 7.72. The number of halogens is 1. The van der Waals surface area contributed by atoms with Crippen LogP contribution in [-0.2, 0) is 10.0 Å². The fourth-order valence-electron chi connectivity index (χ4n) is 1.70. The second-order valence-corrected chi connectivity index (χ2v) is 6.25. The number of nitrogens with zero attached hydrogens (tertiary/aromatic N) is 1. The number of hydrogen-bond acceptors (Lipinski definition) is 4. The maximum atomic E-state index is 13.4. The van der Waals surface area contributed by atoms with Crippen LogP contribution < -0.4 is 4.72 Å². The topological polar surface area (TPSA) is 89.3 Å². The van der Waals surface area contributed by atoms with Crippen LogP contribution >= 0.6 is 0 Å². The molecule has 0 aliphatic rings. The van der Waals surface area contributed by atoms with Gasteiger partial charge in [-0.3, -0.25) is 10.1 Å². The molecule has 0 amide bonds. The van der Waals surface area contributed by atoms with Gasteiger partial charge < -0.3 is 0 Å². The molecule has 1 atom stereocenters. The summed E-state index contributed by atoms with van der Waals surface area (Å²) in [4.78, 5) is 9.26. The summed E-state index contributed by atoms with van der Waals surface area (Å²) in [6.07, 6.45) is 2.49. The van der Waals surface area contributed by atoms with E-state index in [4.69, 9.17) is 0 Å². The molecule has 1 aromatic carbocycles. The molecule has 0 heterocycles. The first-order valence-electron chi connectivity index (χ1n) is 6.24. The molecule has 1 unspecified atom stereocenters. The van der Waals surface area contributed by atoms with Gasteiger partial charge in [0.15, 0.2) is 0 Å². The zero-order valence-electron chi connectivity index (χ0n) is 11.3. The van der Waals surface area contributed by atoms with E-state index >= 15 is 0 Å². The average molecular weight is 304 g/mol. The van der Waals surface area contributed by atoms with Crippen LogP contribution in [0, 0.1) is 15.9 Å². The number of benzene rings is 1. The highest BCUT2D eigenvalue weighted by atomic mass is 32.2. The third-order valence-electron chi connectivity index (χ3n) is 2.77. The fraction of sp³-hybridized carbons (Fsp3) is 0.500. The summed E-state index contributed by atoms with van der Waals surface area (Å²) in [6, 6.07) is 2.25. The predicted molar refractivity (Wildman–Crippen MR) is 72.4 cm³/mol. The average Bonchev–Trinajstić information content (AvgIpc) is 2.35. The van der Waals surface area contributed by atoms with Crippen molar-refractivity contribution < 1.29 is 17.7 Å². The second kappa shape index (κ2) is 6.76. The van der Waals surface area contributed by atoms with Crippen molar-refractivity contribution in [1.29, 1.82) is 0 Å². The molecule has 20 heavy (non-hydrogen) atoms. The van der Waals surface area contributed by atoms with Crippen LogP contribution in [0.25, 0.3) is 0 Å². The van der Waals surface area contributed by atoms with Gasteiger partial charge in [-0.1, -0.05) is 19.8 Å². The fourth-order valence-corrected chi connectivity index (χ4v) is 2.99. The van der Waals surface area contributed by atoms with Gasteiger partial charge in [0.1, 0.15) is 0 Å². The molecule has 112 valence electrons. The van der Waals surface area contributed by atoms with Crippen LogP contribution in [-0.4, -0.2) is 19.4 Å². The van der Waals surface area contributed by atoms with E-state index in [1.807, 2.05) is 6.92 Å². The molecule has 1 rings (SSSR count). The summed E-state index contributed by atoms with van der Waals surface area (Å²) >= 11 is 0. The van der Waals surface area contributed by atoms with E-state index in [2.05, 4.69) is 4.72 Å². The summed E-state index contributed by atoms with van der Waals surface area (Å²) in [5.41, 5.74) is -0.747. The third kappa shape index (κ3) is 4.24. The Labute approximate surface area is 117 Å². The molecule has 0 aromatic heterocycles. The van der Waals surface area contributed by atoms with Crippen molar-refractivity contribution in [3.05, 3.63) is 34.1 Å². The van der Waals surface area contributed by atoms with Crippen LogP contribution in [0.4, 0.5) is 10.1 Å². The normalized spacial score (nSPS) is 13.2. The number of rotatable bonds is 7. The Morgan fingerprint density at radius 1 is 1.45 bits per heavy atom. The quantitative estimate of drug-likeness (QED) is 0.619. The van der Waals surface area contributed by atoms with Crippen molar-refractivity contribution in [1.82, 2.24) is 4.72 Å². The standard InChI is InChI=1S/C12H17FN2O4S/c1-3-4-5-9(2)14-20(18,19)10-6-7-12(15(16)17)11(13)8-10/h6-9,14H,3-5H2,1-2H3. The summed E-state index contributed by atoms with van der Waals surface area (Å²) < 4.78 is 39.8. The Morgan fingerprint density at radius 3 is 2.60 bits per heavy atom. The Hall–Kier alpha value is -1.54. The minimum atomic E-state index is -3.87. The van der Waals surface area contributed by atoms with E-state index in [-0.39, 0.29) is 10.9 Å². The molecule has 8 heteroatoms. The second-order valence-electron chi connectivity index (χ2n) is 4.53. The Kier molecular flexibility index (Phi) is 5.58. The SMILES string of the molecule is CCCCC(C)NS(=O)(=O)c1ccc([N+](=O)[O-])c(F)c1. The van der Waals surface area contributed by atoms with Gasteiger partial charge in [0.2, 0.25) is 15.8 Å². The Balaban J connectivity index is 2.93. The maximum absolute atomic E-state index is 13.4. The lowest BCUT2D eigenvalue weighted by atomic mass is 10.2. The van der Waals surface area contributed by atoms with Crippen molar-refractivity contribution >= 4 is 15.7 Å². The van der Waals surface area contributed by atoms with Crippen molar-refractivity contribution in [2.45, 2.75) is 44.0 Å². The molecule has 0 radical (unpaired) electrons. The summed E-state index contributed by atoms with van der Waals surface area (Å²) in [5, 5.41) is 10.5. The van der Waals surface area contributed by atoms with Crippen LogP contribution in [0.3, 0.4) is 0 Å². The third-order valence-corrected chi connectivity index (χ3v) is 4.36. The molecule has 0 saturated carbocycles. The highest BCUT2D eigenvalue weighted by molar-refractivity contribution is 7.89. The van der Waals surface area contributed by atoms with Crippen molar-refractivity contribution in [3.63, 3.8) is 0 Å². The highest BCUT2D eigenvalue weighted by Crippen LogP contribution is 2.21. The molecule has 6 nitrogen and oxygen atoms in total. The lowest BCUT2D eigenvalue weighted by molar-refractivity contribution is -0.387. The van der Waals surface area contributed by atoms with Gasteiger partial charge in [-0.05, 0) is 19.4 Å². The molecule has 0 spiro atoms. The van der Waals surface area contributed by atoms with E-state index < -0.39 is 26.5 Å². The summed E-state index contributed by atoms with van der Waals surface area (Å²) in [5.74, 6) is -1.17. The predicted octanol–water partition coefficient (Wildman–Crippen LogP) is 2.59. The van der Waals surface area contributed by atoms with E-state index in [0.717, 1.165) is 25.0 Å². The largest absolute Gasteiger partial charge is 0.304 e. The monoisotopic (exact) mass is 304 g/mol. The highest BCUT2D eigenvalue weighted by Gasteiger charge is 2.21. The van der Waals surface area contributed by atoms with E-state index in [1.54, 1.807) is 6.92 Å². The minimum absolute atomic E-state index is 0.279. The molecular weight excluding hydrogens is 287 g/mol. The minimum Gasteiger partial charge on any atom is -0.258 e. The molecule has 1 N–H and O–H groups in total. The summed E-state index contributed by atoms with van der Waals surface area (Å²) in [7, 11) is -3.87. The molecule has 0 bridgehead atoms. The zero-order valence-corrected chi connectivity index (χ0v) is 12.1. The number of hydrogen-bond donors (Lipinski definition) is 1. The van der Waals surface area contributed by atoms with Gasteiger partial charge in [0.25, 0.3) is 0 Å². The van der Waals surface area contributed by atoms with Gasteiger partial charge >= 0.3 is 5.69 Å². The molecule has 0 saturated heterocycles. The van der Waals surface area contributed by atoms with Crippen LogP contribution in [0.5, 0.6) is 0 Å². The zero-order chi connectivity index (χ0) is 15.3. The summed E-state index contributed by atoms with van der Waals surface area (Å²) in [6.45, 7) is 3.71. The smallest absolute Gasteiger partial charge is 0.258 e. The Bertz CT molecular complexity index is 589. The lowest BCUT2D eigenvalue weighted by Crippen LogP contribution is -2.32. The van der Waals surface area contributed by atoms with Crippen molar-refractivity contribution in [3.8, 4) is 0 Å². The van der Waals surface area contributed by atoms with E-state index in [0.29, 0.717) is 12.5 Å².